The van der Waals surface area contributed by atoms with Crippen LogP contribution in [0.2, 0.25) is 0 Å². The third kappa shape index (κ3) is 2.57. The zero-order valence-electron chi connectivity index (χ0n) is 7.13. The van der Waals surface area contributed by atoms with E-state index in [0.717, 1.165) is 17.4 Å². The number of halogens is 1. The fourth-order valence-electron chi connectivity index (χ4n) is 0.998. The second kappa shape index (κ2) is 4.58. The maximum Gasteiger partial charge on any atom is 0.109 e. The fourth-order valence-corrected chi connectivity index (χ4v) is 1.41. The summed E-state index contributed by atoms with van der Waals surface area (Å²) >= 11 is 3.39. The first-order chi connectivity index (χ1) is 5.74. The number of pyridine rings is 1. The van der Waals surface area contributed by atoms with Crippen LogP contribution in [0.3, 0.4) is 0 Å². The molecule has 0 aliphatic carbocycles. The molecule has 1 unspecified atom stereocenters. The lowest BCUT2D eigenvalue weighted by Crippen LogP contribution is -2.21. The van der Waals surface area contributed by atoms with E-state index in [1.54, 1.807) is 6.20 Å². The van der Waals surface area contributed by atoms with Gasteiger partial charge in [0.05, 0.1) is 0 Å². The molecule has 0 spiro atoms. The summed E-state index contributed by atoms with van der Waals surface area (Å²) in [6, 6.07) is 4.22. The van der Waals surface area contributed by atoms with Gasteiger partial charge in [0.2, 0.25) is 0 Å². The lowest BCUT2D eigenvalue weighted by atomic mass is 10.1. The lowest BCUT2D eigenvalue weighted by Gasteiger charge is -2.08. The van der Waals surface area contributed by atoms with E-state index in [-0.39, 0.29) is 6.04 Å². The summed E-state index contributed by atoms with van der Waals surface area (Å²) in [6.45, 7) is 2.09. The molecule has 0 fully saturated rings. The van der Waals surface area contributed by atoms with E-state index in [0.29, 0.717) is 0 Å². The minimum absolute atomic E-state index is 0.241. The van der Waals surface area contributed by atoms with E-state index in [4.69, 9.17) is 5.73 Å². The van der Waals surface area contributed by atoms with Gasteiger partial charge in [0.25, 0.3) is 0 Å². The van der Waals surface area contributed by atoms with Crippen molar-refractivity contribution in [2.75, 3.05) is 0 Å². The molecule has 0 radical (unpaired) electrons. The summed E-state index contributed by atoms with van der Waals surface area (Å²) in [6.07, 6.45) is 3.66. The molecule has 0 bridgehead atoms. The number of hydrogen-bond acceptors (Lipinski definition) is 2. The molecule has 1 rings (SSSR count). The largest absolute Gasteiger partial charge is 0.327 e. The summed E-state index contributed by atoms with van der Waals surface area (Å²) in [7, 11) is 0. The first-order valence-electron chi connectivity index (χ1n) is 4.09. The Hall–Kier alpha value is -0.410. The molecule has 2 N–H and O–H groups in total. The van der Waals surface area contributed by atoms with E-state index in [1.807, 2.05) is 12.1 Å². The SMILES string of the molecule is CCC(N)Cc1cccnc1Br. The maximum absolute atomic E-state index is 5.83. The Kier molecular flexibility index (Phi) is 3.69. The quantitative estimate of drug-likeness (QED) is 0.806. The predicted molar refractivity (Wildman–Crippen MR) is 53.9 cm³/mol. The van der Waals surface area contributed by atoms with Crippen LogP contribution in [0.15, 0.2) is 22.9 Å². The van der Waals surface area contributed by atoms with Crippen molar-refractivity contribution in [2.24, 2.45) is 5.73 Å². The van der Waals surface area contributed by atoms with Crippen molar-refractivity contribution in [1.82, 2.24) is 4.98 Å². The normalized spacial score (nSPS) is 12.9. The van der Waals surface area contributed by atoms with Gasteiger partial charge in [0.1, 0.15) is 4.60 Å². The van der Waals surface area contributed by atoms with Gasteiger partial charge in [-0.25, -0.2) is 4.98 Å². The van der Waals surface area contributed by atoms with Crippen molar-refractivity contribution >= 4 is 15.9 Å². The minimum atomic E-state index is 0.241. The molecule has 1 aromatic heterocycles. The Morgan fingerprint density at radius 3 is 3.00 bits per heavy atom. The summed E-state index contributed by atoms with van der Waals surface area (Å²) in [5.74, 6) is 0. The maximum atomic E-state index is 5.83. The second-order valence-corrected chi connectivity index (χ2v) is 3.58. The van der Waals surface area contributed by atoms with Gasteiger partial charge in [-0.15, -0.1) is 0 Å². The van der Waals surface area contributed by atoms with E-state index < -0.39 is 0 Å². The van der Waals surface area contributed by atoms with Gasteiger partial charge in [-0.1, -0.05) is 13.0 Å². The Morgan fingerprint density at radius 1 is 1.67 bits per heavy atom. The Bertz CT molecular complexity index is 250. The van der Waals surface area contributed by atoms with Crippen molar-refractivity contribution in [3.8, 4) is 0 Å². The van der Waals surface area contributed by atoms with Crippen molar-refractivity contribution < 1.29 is 0 Å². The van der Waals surface area contributed by atoms with Crippen molar-refractivity contribution in [2.45, 2.75) is 25.8 Å². The molecule has 66 valence electrons. The molecular weight excluding hydrogens is 216 g/mol. The molecule has 0 aromatic carbocycles. The number of nitrogens with two attached hydrogens (primary N) is 1. The van der Waals surface area contributed by atoms with Crippen molar-refractivity contribution in [3.05, 3.63) is 28.5 Å². The number of nitrogens with zero attached hydrogens (tertiary/aromatic N) is 1. The molecular formula is C9H13BrN2. The third-order valence-corrected chi connectivity index (χ3v) is 2.56. The van der Waals surface area contributed by atoms with Crippen molar-refractivity contribution in [1.29, 1.82) is 0 Å². The average Bonchev–Trinajstić information content (AvgIpc) is 2.09. The first-order valence-corrected chi connectivity index (χ1v) is 4.88. The molecule has 12 heavy (non-hydrogen) atoms. The van der Waals surface area contributed by atoms with Crippen LogP contribution in [-0.2, 0) is 6.42 Å². The van der Waals surface area contributed by atoms with Gasteiger partial charge in [0.15, 0.2) is 0 Å². The van der Waals surface area contributed by atoms with Gasteiger partial charge in [-0.2, -0.15) is 0 Å². The molecule has 1 aromatic rings. The molecule has 0 amide bonds. The van der Waals surface area contributed by atoms with Gasteiger partial charge in [-0.05, 0) is 40.4 Å². The van der Waals surface area contributed by atoms with Gasteiger partial charge < -0.3 is 5.73 Å². The highest BCUT2D eigenvalue weighted by atomic mass is 79.9. The third-order valence-electron chi connectivity index (χ3n) is 1.84. The highest BCUT2D eigenvalue weighted by molar-refractivity contribution is 9.10. The monoisotopic (exact) mass is 228 g/mol. The van der Waals surface area contributed by atoms with Crippen molar-refractivity contribution in [3.63, 3.8) is 0 Å². The Morgan fingerprint density at radius 2 is 2.42 bits per heavy atom. The standard InChI is InChI=1S/C9H13BrN2/c1-2-8(11)6-7-4-3-5-12-9(7)10/h3-5,8H,2,6,11H2,1H3. The van der Waals surface area contributed by atoms with Gasteiger partial charge in [-0.3, -0.25) is 0 Å². The second-order valence-electron chi connectivity index (χ2n) is 2.83. The molecule has 0 saturated heterocycles. The smallest absolute Gasteiger partial charge is 0.109 e. The summed E-state index contributed by atoms with van der Waals surface area (Å²) in [5, 5.41) is 0. The molecule has 3 heteroatoms. The predicted octanol–water partition coefficient (Wildman–Crippen LogP) is 2.12. The summed E-state index contributed by atoms with van der Waals surface area (Å²) < 4.78 is 0.911. The molecule has 1 heterocycles. The van der Waals surface area contributed by atoms with E-state index in [9.17, 15) is 0 Å². The number of rotatable bonds is 3. The number of hydrogen-bond donors (Lipinski definition) is 1. The Labute approximate surface area is 81.3 Å². The van der Waals surface area contributed by atoms with Gasteiger partial charge in [0, 0.05) is 12.2 Å². The zero-order valence-corrected chi connectivity index (χ0v) is 8.71. The number of aromatic nitrogens is 1. The first kappa shape index (κ1) is 9.68. The zero-order chi connectivity index (χ0) is 8.97. The van der Waals surface area contributed by atoms with Crippen LogP contribution in [0.25, 0.3) is 0 Å². The average molecular weight is 229 g/mol. The fraction of sp³-hybridized carbons (Fsp3) is 0.444. The van der Waals surface area contributed by atoms with Crippen LogP contribution in [-0.4, -0.2) is 11.0 Å². The van der Waals surface area contributed by atoms with E-state index in [1.165, 1.54) is 5.56 Å². The van der Waals surface area contributed by atoms with Crippen LogP contribution in [0.1, 0.15) is 18.9 Å². The van der Waals surface area contributed by atoms with Gasteiger partial charge >= 0.3 is 0 Å². The summed E-state index contributed by atoms with van der Waals surface area (Å²) in [4.78, 5) is 4.13. The van der Waals surface area contributed by atoms with Crippen LogP contribution < -0.4 is 5.73 Å². The highest BCUT2D eigenvalue weighted by Gasteiger charge is 2.04. The lowest BCUT2D eigenvalue weighted by molar-refractivity contribution is 0.643. The molecule has 0 aliphatic rings. The van der Waals surface area contributed by atoms with Crippen LogP contribution in [0.5, 0.6) is 0 Å². The summed E-state index contributed by atoms with van der Waals surface area (Å²) in [5.41, 5.74) is 7.01. The van der Waals surface area contributed by atoms with E-state index in [2.05, 4.69) is 27.8 Å². The van der Waals surface area contributed by atoms with Crippen LogP contribution >= 0.6 is 15.9 Å². The molecule has 2 nitrogen and oxygen atoms in total. The van der Waals surface area contributed by atoms with E-state index >= 15 is 0 Å². The highest BCUT2D eigenvalue weighted by Crippen LogP contribution is 2.14. The molecule has 0 aliphatic heterocycles. The topological polar surface area (TPSA) is 38.9 Å². The Balaban J connectivity index is 2.69. The minimum Gasteiger partial charge on any atom is -0.327 e. The molecule has 1 atom stereocenters. The van der Waals surface area contributed by atoms with Crippen LogP contribution in [0.4, 0.5) is 0 Å². The van der Waals surface area contributed by atoms with Crippen LogP contribution in [0, 0.1) is 0 Å². The molecule has 0 saturated carbocycles.